The number of nitrogens with zero attached hydrogens (tertiary/aromatic N) is 2. The van der Waals surface area contributed by atoms with Crippen LogP contribution in [0.5, 0.6) is 11.5 Å². The standard InChI is InChI=1S/C17H15N3O4/c1-22-14-10-6-5-9-13(14)16-20-19-15(24-16)11-18-17(21)23-12-7-3-2-4-8-12/h2-10H,11H2,1H3,(H,18,21). The quantitative estimate of drug-likeness (QED) is 0.776. The molecule has 3 rings (SSSR count). The first-order valence-electron chi connectivity index (χ1n) is 7.23. The molecule has 7 nitrogen and oxygen atoms in total. The molecule has 0 saturated carbocycles. The van der Waals surface area contributed by atoms with Crippen LogP contribution in [-0.4, -0.2) is 23.4 Å². The van der Waals surface area contributed by atoms with E-state index in [1.54, 1.807) is 37.4 Å². The van der Waals surface area contributed by atoms with Gasteiger partial charge in [0.15, 0.2) is 0 Å². The molecule has 1 amide bonds. The van der Waals surface area contributed by atoms with E-state index in [2.05, 4.69) is 15.5 Å². The Hall–Kier alpha value is -3.35. The lowest BCUT2D eigenvalue weighted by Crippen LogP contribution is -2.26. The Labute approximate surface area is 138 Å². The molecular formula is C17H15N3O4. The van der Waals surface area contributed by atoms with Crippen LogP contribution >= 0.6 is 0 Å². The largest absolute Gasteiger partial charge is 0.496 e. The summed E-state index contributed by atoms with van der Waals surface area (Å²) < 4.78 is 15.9. The van der Waals surface area contributed by atoms with Crippen LogP contribution in [0.2, 0.25) is 0 Å². The molecule has 0 aliphatic heterocycles. The van der Waals surface area contributed by atoms with Gasteiger partial charge in [0.25, 0.3) is 5.89 Å². The van der Waals surface area contributed by atoms with Crippen LogP contribution in [0.4, 0.5) is 4.79 Å². The number of methoxy groups -OCH3 is 1. The number of para-hydroxylation sites is 2. The number of ether oxygens (including phenoxy) is 2. The van der Waals surface area contributed by atoms with E-state index in [1.807, 2.05) is 24.3 Å². The molecule has 0 spiro atoms. The number of benzene rings is 2. The molecule has 0 radical (unpaired) electrons. The lowest BCUT2D eigenvalue weighted by molar-refractivity contribution is 0.198. The van der Waals surface area contributed by atoms with Gasteiger partial charge >= 0.3 is 6.09 Å². The predicted molar refractivity (Wildman–Crippen MR) is 85.6 cm³/mol. The highest BCUT2D eigenvalue weighted by molar-refractivity contribution is 5.70. The summed E-state index contributed by atoms with van der Waals surface area (Å²) in [5.41, 5.74) is 0.686. The SMILES string of the molecule is COc1ccccc1-c1nnc(CNC(=O)Oc2ccccc2)o1. The van der Waals surface area contributed by atoms with Gasteiger partial charge in [-0.1, -0.05) is 30.3 Å². The van der Waals surface area contributed by atoms with Crippen LogP contribution in [-0.2, 0) is 6.54 Å². The Kier molecular flexibility index (Phi) is 4.71. The first-order valence-corrected chi connectivity index (χ1v) is 7.23. The lowest BCUT2D eigenvalue weighted by Gasteiger charge is -2.04. The second kappa shape index (κ2) is 7.28. The Morgan fingerprint density at radius 3 is 2.62 bits per heavy atom. The van der Waals surface area contributed by atoms with E-state index in [9.17, 15) is 4.79 Å². The molecule has 1 N–H and O–H groups in total. The smallest absolute Gasteiger partial charge is 0.413 e. The molecule has 1 heterocycles. The van der Waals surface area contributed by atoms with Crippen LogP contribution < -0.4 is 14.8 Å². The third-order valence-electron chi connectivity index (χ3n) is 3.14. The van der Waals surface area contributed by atoms with E-state index in [4.69, 9.17) is 13.9 Å². The summed E-state index contributed by atoms with van der Waals surface area (Å²) in [7, 11) is 1.57. The van der Waals surface area contributed by atoms with Gasteiger partial charge in [0.05, 0.1) is 19.2 Å². The highest BCUT2D eigenvalue weighted by Crippen LogP contribution is 2.28. The summed E-state index contributed by atoms with van der Waals surface area (Å²) in [5, 5.41) is 10.4. The van der Waals surface area contributed by atoms with Gasteiger partial charge in [-0.3, -0.25) is 0 Å². The number of aromatic nitrogens is 2. The van der Waals surface area contributed by atoms with Crippen molar-refractivity contribution >= 4 is 6.09 Å². The number of carbonyl (C=O) groups is 1. The first kappa shape index (κ1) is 15.5. The predicted octanol–water partition coefficient (Wildman–Crippen LogP) is 3.03. The molecule has 24 heavy (non-hydrogen) atoms. The Balaban J connectivity index is 1.61. The lowest BCUT2D eigenvalue weighted by atomic mass is 10.2. The number of carbonyl (C=O) groups excluding carboxylic acids is 1. The van der Waals surface area contributed by atoms with Crippen molar-refractivity contribution < 1.29 is 18.7 Å². The maximum Gasteiger partial charge on any atom is 0.413 e. The summed E-state index contributed by atoms with van der Waals surface area (Å²) in [6, 6.07) is 16.1. The number of hydrogen-bond acceptors (Lipinski definition) is 6. The number of amides is 1. The molecule has 0 fully saturated rings. The monoisotopic (exact) mass is 325 g/mol. The summed E-state index contributed by atoms with van der Waals surface area (Å²) in [4.78, 5) is 11.7. The van der Waals surface area contributed by atoms with E-state index in [0.717, 1.165) is 0 Å². The molecule has 0 aliphatic rings. The fourth-order valence-electron chi connectivity index (χ4n) is 2.03. The molecule has 7 heteroatoms. The fraction of sp³-hybridized carbons (Fsp3) is 0.118. The minimum absolute atomic E-state index is 0.0633. The van der Waals surface area contributed by atoms with Crippen molar-refractivity contribution in [3.8, 4) is 23.0 Å². The molecule has 0 atom stereocenters. The molecule has 0 bridgehead atoms. The van der Waals surface area contributed by atoms with Gasteiger partial charge in [-0.25, -0.2) is 4.79 Å². The molecule has 0 unspecified atom stereocenters. The molecule has 0 aliphatic carbocycles. The van der Waals surface area contributed by atoms with E-state index in [1.165, 1.54) is 0 Å². The van der Waals surface area contributed by atoms with Crippen LogP contribution in [0.3, 0.4) is 0 Å². The summed E-state index contributed by atoms with van der Waals surface area (Å²) in [5.74, 6) is 1.67. The zero-order valence-corrected chi connectivity index (χ0v) is 12.9. The minimum atomic E-state index is -0.599. The van der Waals surface area contributed by atoms with Crippen molar-refractivity contribution in [3.05, 3.63) is 60.5 Å². The molecule has 2 aromatic carbocycles. The van der Waals surface area contributed by atoms with Gasteiger partial charge in [-0.05, 0) is 24.3 Å². The van der Waals surface area contributed by atoms with Crippen LogP contribution in [0, 0.1) is 0 Å². The van der Waals surface area contributed by atoms with E-state index >= 15 is 0 Å². The van der Waals surface area contributed by atoms with Gasteiger partial charge in [-0.15, -0.1) is 10.2 Å². The maximum absolute atomic E-state index is 11.7. The van der Waals surface area contributed by atoms with Crippen molar-refractivity contribution in [2.75, 3.05) is 7.11 Å². The van der Waals surface area contributed by atoms with Gasteiger partial charge in [0.2, 0.25) is 5.89 Å². The van der Waals surface area contributed by atoms with E-state index in [0.29, 0.717) is 23.0 Å². The summed E-state index contributed by atoms with van der Waals surface area (Å²) in [6.07, 6.45) is -0.599. The molecule has 0 saturated heterocycles. The average molecular weight is 325 g/mol. The van der Waals surface area contributed by atoms with Crippen LogP contribution in [0.1, 0.15) is 5.89 Å². The average Bonchev–Trinajstić information content (AvgIpc) is 3.09. The van der Waals surface area contributed by atoms with Crippen molar-refractivity contribution in [1.82, 2.24) is 15.5 Å². The fourth-order valence-corrected chi connectivity index (χ4v) is 2.03. The molecular weight excluding hydrogens is 310 g/mol. The highest BCUT2D eigenvalue weighted by atomic mass is 16.6. The van der Waals surface area contributed by atoms with E-state index in [-0.39, 0.29) is 12.4 Å². The Morgan fingerprint density at radius 2 is 1.83 bits per heavy atom. The second-order valence-corrected chi connectivity index (χ2v) is 4.76. The van der Waals surface area contributed by atoms with Gasteiger partial charge in [0, 0.05) is 0 Å². The molecule has 122 valence electrons. The van der Waals surface area contributed by atoms with Gasteiger partial charge in [0.1, 0.15) is 11.5 Å². The van der Waals surface area contributed by atoms with Crippen LogP contribution in [0.15, 0.2) is 59.0 Å². The second-order valence-electron chi connectivity index (χ2n) is 4.76. The van der Waals surface area contributed by atoms with Crippen molar-refractivity contribution in [2.24, 2.45) is 0 Å². The van der Waals surface area contributed by atoms with Gasteiger partial charge in [-0.2, -0.15) is 0 Å². The van der Waals surface area contributed by atoms with Gasteiger partial charge < -0.3 is 19.2 Å². The normalized spacial score (nSPS) is 10.2. The number of nitrogens with one attached hydrogen (secondary N) is 1. The van der Waals surface area contributed by atoms with Crippen molar-refractivity contribution in [3.63, 3.8) is 0 Å². The Morgan fingerprint density at radius 1 is 1.08 bits per heavy atom. The third kappa shape index (κ3) is 3.70. The summed E-state index contributed by atoms with van der Waals surface area (Å²) in [6.45, 7) is 0.0633. The topological polar surface area (TPSA) is 86.5 Å². The Bertz CT molecular complexity index is 817. The number of hydrogen-bond donors (Lipinski definition) is 1. The van der Waals surface area contributed by atoms with Crippen LogP contribution in [0.25, 0.3) is 11.5 Å². The molecule has 3 aromatic rings. The maximum atomic E-state index is 11.7. The zero-order chi connectivity index (χ0) is 16.8. The third-order valence-corrected chi connectivity index (χ3v) is 3.14. The molecule has 1 aromatic heterocycles. The zero-order valence-electron chi connectivity index (χ0n) is 12.9. The number of rotatable bonds is 5. The van der Waals surface area contributed by atoms with E-state index < -0.39 is 6.09 Å². The first-order chi connectivity index (χ1) is 11.8. The van der Waals surface area contributed by atoms with Crippen molar-refractivity contribution in [2.45, 2.75) is 6.54 Å². The minimum Gasteiger partial charge on any atom is -0.496 e. The highest BCUT2D eigenvalue weighted by Gasteiger charge is 2.13. The van der Waals surface area contributed by atoms with Crippen molar-refractivity contribution in [1.29, 1.82) is 0 Å². The summed E-state index contributed by atoms with van der Waals surface area (Å²) >= 11 is 0.